The number of hydrogen-bond donors (Lipinski definition) is 0. The smallest absolute Gasteiger partial charge is 0.238 e. The van der Waals surface area contributed by atoms with Crippen molar-refractivity contribution in [2.24, 2.45) is 5.92 Å². The molecule has 0 bridgehead atoms. The summed E-state index contributed by atoms with van der Waals surface area (Å²) >= 11 is 5.80. The third-order valence-electron chi connectivity index (χ3n) is 3.48. The molecule has 1 fully saturated rings. The SMILES string of the molecule is C[C@@H]1CCCN(C(=O)CS(=O)(=O)c2cccc(Cl)c2)C1. The molecule has 0 N–H and O–H groups in total. The fraction of sp³-hybridized carbons (Fsp3) is 0.500. The number of nitrogens with zero attached hydrogens (tertiary/aromatic N) is 1. The molecule has 1 aliphatic rings. The van der Waals surface area contributed by atoms with E-state index in [4.69, 9.17) is 11.6 Å². The standard InChI is InChI=1S/C14H18ClNO3S/c1-11-4-3-7-16(9-11)14(17)10-20(18,19)13-6-2-5-12(15)8-13/h2,5-6,8,11H,3-4,7,9-10H2,1H3/t11-/m1/s1. The van der Waals surface area contributed by atoms with Gasteiger partial charge in [0.15, 0.2) is 9.84 Å². The van der Waals surface area contributed by atoms with Crippen LogP contribution >= 0.6 is 11.6 Å². The zero-order chi connectivity index (χ0) is 14.8. The third-order valence-corrected chi connectivity index (χ3v) is 5.31. The van der Waals surface area contributed by atoms with Crippen molar-refractivity contribution in [2.45, 2.75) is 24.7 Å². The van der Waals surface area contributed by atoms with Gasteiger partial charge in [-0.2, -0.15) is 0 Å². The van der Waals surface area contributed by atoms with Crippen LogP contribution in [0.5, 0.6) is 0 Å². The molecule has 0 radical (unpaired) electrons. The first-order valence-corrected chi connectivity index (χ1v) is 8.67. The second-order valence-electron chi connectivity index (χ2n) is 5.30. The van der Waals surface area contributed by atoms with Gasteiger partial charge in [0, 0.05) is 18.1 Å². The third kappa shape index (κ3) is 3.73. The Balaban J connectivity index is 2.10. The average molecular weight is 316 g/mol. The highest BCUT2D eigenvalue weighted by Gasteiger charge is 2.26. The van der Waals surface area contributed by atoms with Crippen molar-refractivity contribution in [3.8, 4) is 0 Å². The molecular formula is C14H18ClNO3S. The van der Waals surface area contributed by atoms with Crippen molar-refractivity contribution in [1.82, 2.24) is 4.90 Å². The summed E-state index contributed by atoms with van der Waals surface area (Å²) in [4.78, 5) is 13.9. The first-order valence-electron chi connectivity index (χ1n) is 6.64. The van der Waals surface area contributed by atoms with Gasteiger partial charge in [-0.05, 0) is 37.0 Å². The normalized spacial score (nSPS) is 19.9. The van der Waals surface area contributed by atoms with Gasteiger partial charge in [0.25, 0.3) is 0 Å². The highest BCUT2D eigenvalue weighted by atomic mass is 35.5. The second kappa shape index (κ2) is 6.14. The molecule has 0 unspecified atom stereocenters. The minimum Gasteiger partial charge on any atom is -0.342 e. The molecule has 4 nitrogen and oxygen atoms in total. The van der Waals surface area contributed by atoms with Gasteiger partial charge in [-0.3, -0.25) is 4.79 Å². The van der Waals surface area contributed by atoms with Crippen molar-refractivity contribution >= 4 is 27.3 Å². The summed E-state index contributed by atoms with van der Waals surface area (Å²) in [5, 5.41) is 0.352. The average Bonchev–Trinajstić information content (AvgIpc) is 2.38. The lowest BCUT2D eigenvalue weighted by Gasteiger charge is -2.30. The van der Waals surface area contributed by atoms with Crippen molar-refractivity contribution in [1.29, 1.82) is 0 Å². The number of likely N-dealkylation sites (tertiary alicyclic amines) is 1. The minimum absolute atomic E-state index is 0.100. The summed E-state index contributed by atoms with van der Waals surface area (Å²) in [6, 6.07) is 6.02. The van der Waals surface area contributed by atoms with Crippen molar-refractivity contribution in [3.63, 3.8) is 0 Å². The number of carbonyl (C=O) groups excluding carboxylic acids is 1. The lowest BCUT2D eigenvalue weighted by Crippen LogP contribution is -2.42. The Morgan fingerprint density at radius 2 is 2.20 bits per heavy atom. The van der Waals surface area contributed by atoms with Crippen LogP contribution in [-0.2, 0) is 14.6 Å². The van der Waals surface area contributed by atoms with Crippen LogP contribution < -0.4 is 0 Å². The van der Waals surface area contributed by atoms with Crippen LogP contribution in [0.3, 0.4) is 0 Å². The van der Waals surface area contributed by atoms with E-state index in [1.807, 2.05) is 0 Å². The number of benzene rings is 1. The highest BCUT2D eigenvalue weighted by Crippen LogP contribution is 2.19. The monoisotopic (exact) mass is 315 g/mol. The van der Waals surface area contributed by atoms with E-state index in [-0.39, 0.29) is 10.8 Å². The molecule has 2 rings (SSSR count). The first-order chi connectivity index (χ1) is 9.38. The van der Waals surface area contributed by atoms with Crippen LogP contribution in [0.15, 0.2) is 29.2 Å². The Kier molecular flexibility index (Phi) is 4.70. The molecule has 1 heterocycles. The summed E-state index contributed by atoms with van der Waals surface area (Å²) in [5.74, 6) is -0.377. The Hall–Kier alpha value is -1.07. The van der Waals surface area contributed by atoms with Gasteiger partial charge in [0.05, 0.1) is 4.90 Å². The number of hydrogen-bond acceptors (Lipinski definition) is 3. The molecule has 0 spiro atoms. The first kappa shape index (κ1) is 15.3. The molecule has 1 atom stereocenters. The van der Waals surface area contributed by atoms with E-state index in [2.05, 4.69) is 6.92 Å². The summed E-state index contributed by atoms with van der Waals surface area (Å²) < 4.78 is 24.4. The molecule has 1 amide bonds. The maximum atomic E-state index is 12.2. The number of sulfone groups is 1. The predicted molar refractivity (Wildman–Crippen MR) is 78.5 cm³/mol. The maximum absolute atomic E-state index is 12.2. The highest BCUT2D eigenvalue weighted by molar-refractivity contribution is 7.92. The van der Waals surface area contributed by atoms with Crippen LogP contribution in [0.25, 0.3) is 0 Å². The molecule has 20 heavy (non-hydrogen) atoms. The van der Waals surface area contributed by atoms with Gasteiger partial charge in [-0.25, -0.2) is 8.42 Å². The molecule has 1 aliphatic heterocycles. The lowest BCUT2D eigenvalue weighted by molar-refractivity contribution is -0.130. The Morgan fingerprint density at radius 3 is 2.85 bits per heavy atom. The van der Waals surface area contributed by atoms with Crippen LogP contribution in [0.4, 0.5) is 0 Å². The maximum Gasteiger partial charge on any atom is 0.238 e. The molecule has 0 aromatic heterocycles. The van der Waals surface area contributed by atoms with Crippen molar-refractivity contribution in [3.05, 3.63) is 29.3 Å². The molecular weight excluding hydrogens is 298 g/mol. The van der Waals surface area contributed by atoms with E-state index in [1.165, 1.54) is 12.1 Å². The quantitative estimate of drug-likeness (QED) is 0.860. The van der Waals surface area contributed by atoms with E-state index < -0.39 is 15.6 Å². The van der Waals surface area contributed by atoms with Gasteiger partial charge in [-0.1, -0.05) is 24.6 Å². The molecule has 6 heteroatoms. The second-order valence-corrected chi connectivity index (χ2v) is 7.73. The fourth-order valence-corrected chi connectivity index (χ4v) is 3.94. The number of amides is 1. The minimum atomic E-state index is -3.62. The van der Waals surface area contributed by atoms with Crippen LogP contribution in [-0.4, -0.2) is 38.1 Å². The van der Waals surface area contributed by atoms with Gasteiger partial charge in [0.1, 0.15) is 5.75 Å². The fourth-order valence-electron chi connectivity index (χ4n) is 2.41. The zero-order valence-corrected chi connectivity index (χ0v) is 13.0. The molecule has 1 aromatic carbocycles. The molecule has 1 saturated heterocycles. The number of carbonyl (C=O) groups is 1. The van der Waals surface area contributed by atoms with E-state index in [9.17, 15) is 13.2 Å². The van der Waals surface area contributed by atoms with Gasteiger partial charge in [-0.15, -0.1) is 0 Å². The van der Waals surface area contributed by atoms with Gasteiger partial charge < -0.3 is 4.90 Å². The van der Waals surface area contributed by atoms with E-state index in [0.29, 0.717) is 24.0 Å². The van der Waals surface area contributed by atoms with E-state index >= 15 is 0 Å². The van der Waals surface area contributed by atoms with Crippen molar-refractivity contribution in [2.75, 3.05) is 18.8 Å². The topological polar surface area (TPSA) is 54.5 Å². The molecule has 1 aromatic rings. The zero-order valence-electron chi connectivity index (χ0n) is 11.4. The predicted octanol–water partition coefficient (Wildman–Crippen LogP) is 2.37. The van der Waals surface area contributed by atoms with Gasteiger partial charge in [0.2, 0.25) is 5.91 Å². The molecule has 0 aliphatic carbocycles. The van der Waals surface area contributed by atoms with Crippen LogP contribution in [0.1, 0.15) is 19.8 Å². The molecule has 110 valence electrons. The Bertz CT molecular complexity index is 600. The molecule has 0 saturated carbocycles. The number of halogens is 1. The van der Waals surface area contributed by atoms with E-state index in [1.54, 1.807) is 17.0 Å². The van der Waals surface area contributed by atoms with Crippen LogP contribution in [0, 0.1) is 5.92 Å². The van der Waals surface area contributed by atoms with Gasteiger partial charge >= 0.3 is 0 Å². The summed E-state index contributed by atoms with van der Waals surface area (Å²) in [5.41, 5.74) is 0. The van der Waals surface area contributed by atoms with Crippen molar-refractivity contribution < 1.29 is 13.2 Å². The summed E-state index contributed by atoms with van der Waals surface area (Å²) in [7, 11) is -3.62. The summed E-state index contributed by atoms with van der Waals surface area (Å²) in [6.07, 6.45) is 2.02. The number of rotatable bonds is 3. The van der Waals surface area contributed by atoms with E-state index in [0.717, 1.165) is 12.8 Å². The Morgan fingerprint density at radius 1 is 1.45 bits per heavy atom. The summed E-state index contributed by atoms with van der Waals surface area (Å²) in [6.45, 7) is 3.36. The van der Waals surface area contributed by atoms with Crippen LogP contribution in [0.2, 0.25) is 5.02 Å². The lowest BCUT2D eigenvalue weighted by atomic mass is 10.0. The Labute approximate surface area is 124 Å². The largest absolute Gasteiger partial charge is 0.342 e. The number of piperidine rings is 1.